The summed E-state index contributed by atoms with van der Waals surface area (Å²) in [7, 11) is 0. The molecule has 3 aromatic rings. The highest BCUT2D eigenvalue weighted by molar-refractivity contribution is 5.93. The van der Waals surface area contributed by atoms with Gasteiger partial charge in [-0.25, -0.2) is 14.4 Å². The molecule has 2 bridgehead atoms. The molecule has 0 radical (unpaired) electrons. The maximum absolute atomic E-state index is 13.4. The average molecular weight is 449 g/mol. The van der Waals surface area contributed by atoms with Crippen molar-refractivity contribution in [2.75, 3.05) is 26.3 Å². The number of aromatic nitrogens is 3. The summed E-state index contributed by atoms with van der Waals surface area (Å²) in [6.45, 7) is 3.73. The van der Waals surface area contributed by atoms with Gasteiger partial charge in [0, 0.05) is 48.9 Å². The van der Waals surface area contributed by atoms with Gasteiger partial charge in [-0.1, -0.05) is 5.16 Å². The Morgan fingerprint density at radius 1 is 1.15 bits per heavy atom. The third kappa shape index (κ3) is 3.81. The molecule has 33 heavy (non-hydrogen) atoms. The molecule has 170 valence electrons. The number of hydrogen-bond donors (Lipinski definition) is 0. The van der Waals surface area contributed by atoms with Gasteiger partial charge in [-0.15, -0.1) is 0 Å². The minimum absolute atomic E-state index is 0.0621. The summed E-state index contributed by atoms with van der Waals surface area (Å²) in [6.07, 6.45) is 4.28. The van der Waals surface area contributed by atoms with Gasteiger partial charge in [0.15, 0.2) is 17.3 Å². The number of hydrogen-bond acceptors (Lipinski definition) is 7. The van der Waals surface area contributed by atoms with E-state index >= 15 is 0 Å². The smallest absolute Gasteiger partial charge is 0.276 e. The van der Waals surface area contributed by atoms with Gasteiger partial charge in [0.05, 0.1) is 31.5 Å². The van der Waals surface area contributed by atoms with E-state index in [0.29, 0.717) is 43.5 Å². The minimum Gasteiger partial charge on any atom is -0.379 e. The van der Waals surface area contributed by atoms with Crippen LogP contribution in [0.4, 0.5) is 4.39 Å². The molecule has 0 spiro atoms. The zero-order valence-corrected chi connectivity index (χ0v) is 18.1. The summed E-state index contributed by atoms with van der Waals surface area (Å²) in [5.41, 5.74) is 3.08. The van der Waals surface area contributed by atoms with Crippen molar-refractivity contribution in [3.05, 3.63) is 65.1 Å². The van der Waals surface area contributed by atoms with Crippen LogP contribution < -0.4 is 0 Å². The highest BCUT2D eigenvalue weighted by Gasteiger charge is 2.44. The number of fused-ring (bicyclic) bond motifs is 4. The maximum Gasteiger partial charge on any atom is 0.276 e. The minimum atomic E-state index is -0.287. The molecule has 1 amide bonds. The van der Waals surface area contributed by atoms with Crippen molar-refractivity contribution in [3.63, 3.8) is 0 Å². The molecular formula is C24H24FN5O3. The molecule has 2 fully saturated rings. The highest BCUT2D eigenvalue weighted by atomic mass is 19.1. The standard InChI is InChI=1S/C24H24FN5O3/c25-16-3-1-15(2-4-16)23-26-13-19-20(27-23)11-17-5-6-22(19)30(17)24(31)21-12-18(33-28-21)14-29-7-9-32-10-8-29/h1-4,12-13,17,22H,5-11,14H2. The fraction of sp³-hybridized carbons (Fsp3) is 0.417. The van der Waals surface area contributed by atoms with E-state index in [1.807, 2.05) is 11.1 Å². The summed E-state index contributed by atoms with van der Waals surface area (Å²) >= 11 is 0. The molecule has 3 aliphatic heterocycles. The van der Waals surface area contributed by atoms with Crippen molar-refractivity contribution >= 4 is 5.91 Å². The fourth-order valence-corrected chi connectivity index (χ4v) is 5.13. The lowest BCUT2D eigenvalue weighted by Gasteiger charge is -2.35. The Morgan fingerprint density at radius 3 is 2.79 bits per heavy atom. The molecule has 9 heteroatoms. The zero-order chi connectivity index (χ0) is 22.4. The molecule has 2 atom stereocenters. The molecule has 2 aromatic heterocycles. The van der Waals surface area contributed by atoms with Crippen LogP contribution in [0.25, 0.3) is 11.4 Å². The predicted molar refractivity (Wildman–Crippen MR) is 116 cm³/mol. The van der Waals surface area contributed by atoms with Gasteiger partial charge in [0.2, 0.25) is 0 Å². The third-order valence-electron chi connectivity index (χ3n) is 6.79. The van der Waals surface area contributed by atoms with Gasteiger partial charge < -0.3 is 14.2 Å². The second-order valence-corrected chi connectivity index (χ2v) is 8.83. The fourth-order valence-electron chi connectivity index (χ4n) is 5.13. The van der Waals surface area contributed by atoms with Gasteiger partial charge in [0.25, 0.3) is 5.91 Å². The second kappa shape index (κ2) is 8.31. The first-order valence-corrected chi connectivity index (χ1v) is 11.4. The van der Waals surface area contributed by atoms with Crippen molar-refractivity contribution in [2.24, 2.45) is 0 Å². The first-order valence-electron chi connectivity index (χ1n) is 11.4. The Bertz CT molecular complexity index is 1180. The molecule has 6 rings (SSSR count). The molecule has 0 aliphatic carbocycles. The maximum atomic E-state index is 13.4. The van der Waals surface area contributed by atoms with Crippen LogP contribution in [0.1, 0.15) is 46.4 Å². The first-order chi connectivity index (χ1) is 16.2. The van der Waals surface area contributed by atoms with Crippen molar-refractivity contribution < 1.29 is 18.4 Å². The van der Waals surface area contributed by atoms with E-state index < -0.39 is 0 Å². The van der Waals surface area contributed by atoms with Crippen LogP contribution in [0, 0.1) is 5.82 Å². The predicted octanol–water partition coefficient (Wildman–Crippen LogP) is 3.00. The van der Waals surface area contributed by atoms with Crippen molar-refractivity contribution in [2.45, 2.75) is 37.9 Å². The highest BCUT2D eigenvalue weighted by Crippen LogP contribution is 2.44. The molecule has 1 aromatic carbocycles. The number of halogens is 1. The van der Waals surface area contributed by atoms with Gasteiger partial charge in [0.1, 0.15) is 5.82 Å². The lowest BCUT2D eigenvalue weighted by Crippen LogP contribution is -2.42. The number of ether oxygens (including phenoxy) is 1. The summed E-state index contributed by atoms with van der Waals surface area (Å²) in [6, 6.07) is 7.97. The molecule has 0 saturated carbocycles. The monoisotopic (exact) mass is 449 g/mol. The van der Waals surface area contributed by atoms with E-state index in [4.69, 9.17) is 14.2 Å². The first kappa shape index (κ1) is 20.4. The van der Waals surface area contributed by atoms with Crippen molar-refractivity contribution in [1.29, 1.82) is 0 Å². The molecule has 3 aliphatic rings. The Balaban J connectivity index is 1.22. The molecular weight excluding hydrogens is 425 g/mol. The number of amides is 1. The number of carbonyl (C=O) groups excluding carboxylic acids is 1. The lowest BCUT2D eigenvalue weighted by atomic mass is 9.98. The zero-order valence-electron chi connectivity index (χ0n) is 18.1. The lowest BCUT2D eigenvalue weighted by molar-refractivity contribution is 0.0305. The number of nitrogens with zero attached hydrogens (tertiary/aromatic N) is 5. The van der Waals surface area contributed by atoms with Gasteiger partial charge in [-0.3, -0.25) is 9.69 Å². The Morgan fingerprint density at radius 2 is 1.97 bits per heavy atom. The Hall–Kier alpha value is -3.17. The second-order valence-electron chi connectivity index (χ2n) is 8.83. The third-order valence-corrected chi connectivity index (χ3v) is 6.79. The average Bonchev–Trinajstić information content (AvgIpc) is 3.43. The van der Waals surface area contributed by atoms with Crippen LogP contribution in [0.2, 0.25) is 0 Å². The normalized spacial score (nSPS) is 22.4. The number of benzene rings is 1. The number of rotatable bonds is 4. The quantitative estimate of drug-likeness (QED) is 0.605. The van der Waals surface area contributed by atoms with Gasteiger partial charge in [-0.2, -0.15) is 0 Å². The Kier molecular flexibility index (Phi) is 5.15. The van der Waals surface area contributed by atoms with E-state index in [9.17, 15) is 9.18 Å². The number of morpholine rings is 1. The van der Waals surface area contributed by atoms with Gasteiger partial charge in [-0.05, 0) is 37.1 Å². The molecule has 5 heterocycles. The molecule has 8 nitrogen and oxygen atoms in total. The molecule has 2 unspecified atom stereocenters. The summed E-state index contributed by atoms with van der Waals surface area (Å²) in [5.74, 6) is 0.882. The van der Waals surface area contributed by atoms with Gasteiger partial charge >= 0.3 is 0 Å². The SMILES string of the molecule is O=C(c1cc(CN2CCOCC2)on1)N1C2CCC1c1cnc(-c3ccc(F)cc3)nc1C2. The van der Waals surface area contributed by atoms with Crippen molar-refractivity contribution in [3.8, 4) is 11.4 Å². The largest absolute Gasteiger partial charge is 0.379 e. The molecule has 2 saturated heterocycles. The summed E-state index contributed by atoms with van der Waals surface area (Å²) in [4.78, 5) is 26.8. The van der Waals surface area contributed by atoms with Crippen LogP contribution in [-0.2, 0) is 17.7 Å². The van der Waals surface area contributed by atoms with E-state index in [-0.39, 0.29) is 23.8 Å². The number of carbonyl (C=O) groups is 1. The van der Waals surface area contributed by atoms with E-state index in [1.165, 1.54) is 12.1 Å². The topological polar surface area (TPSA) is 84.6 Å². The van der Waals surface area contributed by atoms with Crippen LogP contribution in [-0.4, -0.2) is 63.2 Å². The summed E-state index contributed by atoms with van der Waals surface area (Å²) in [5, 5.41) is 4.08. The van der Waals surface area contributed by atoms with Crippen LogP contribution >= 0.6 is 0 Å². The van der Waals surface area contributed by atoms with Crippen LogP contribution in [0.3, 0.4) is 0 Å². The Labute approximate surface area is 190 Å². The van der Waals surface area contributed by atoms with E-state index in [0.717, 1.165) is 42.8 Å². The van der Waals surface area contributed by atoms with Crippen LogP contribution in [0.15, 0.2) is 41.1 Å². The van der Waals surface area contributed by atoms with E-state index in [1.54, 1.807) is 18.2 Å². The summed E-state index contributed by atoms with van der Waals surface area (Å²) < 4.78 is 24.1. The van der Waals surface area contributed by atoms with Crippen molar-refractivity contribution in [1.82, 2.24) is 24.9 Å². The molecule has 0 N–H and O–H groups in total. The van der Waals surface area contributed by atoms with E-state index in [2.05, 4.69) is 15.0 Å². The van der Waals surface area contributed by atoms with Crippen LogP contribution in [0.5, 0.6) is 0 Å².